The predicted molar refractivity (Wildman–Crippen MR) is 44.0 cm³/mol. The topological polar surface area (TPSA) is 47.6 Å². The van der Waals surface area contributed by atoms with Crippen molar-refractivity contribution in [3.05, 3.63) is 0 Å². The molecule has 1 N–H and O–H groups in total. The molecule has 1 fully saturated rings. The van der Waals surface area contributed by atoms with Crippen LogP contribution in [0.1, 0.15) is 13.3 Å². The molecule has 1 aliphatic rings. The largest absolute Gasteiger partial charge is 0.450 e. The standard InChI is InChI=1S/C8H15NO3/c1-2-12-8(10)9-5-7-3-4-11-6-7/h7H,2-6H2,1H3,(H,9,10). The van der Waals surface area contributed by atoms with E-state index in [0.29, 0.717) is 19.1 Å². The van der Waals surface area contributed by atoms with Crippen LogP contribution in [0.25, 0.3) is 0 Å². The smallest absolute Gasteiger partial charge is 0.407 e. The zero-order chi connectivity index (χ0) is 8.81. The van der Waals surface area contributed by atoms with E-state index >= 15 is 0 Å². The molecule has 0 saturated carbocycles. The molecule has 1 rings (SSSR count). The van der Waals surface area contributed by atoms with Gasteiger partial charge in [0.25, 0.3) is 0 Å². The van der Waals surface area contributed by atoms with Gasteiger partial charge in [-0.1, -0.05) is 0 Å². The van der Waals surface area contributed by atoms with Gasteiger partial charge < -0.3 is 14.8 Å². The highest BCUT2D eigenvalue weighted by atomic mass is 16.5. The lowest BCUT2D eigenvalue weighted by atomic mass is 10.1. The minimum atomic E-state index is -0.329. The maximum Gasteiger partial charge on any atom is 0.407 e. The van der Waals surface area contributed by atoms with Crippen molar-refractivity contribution in [2.45, 2.75) is 13.3 Å². The summed E-state index contributed by atoms with van der Waals surface area (Å²) in [6.45, 7) is 4.45. The summed E-state index contributed by atoms with van der Waals surface area (Å²) in [7, 11) is 0. The third-order valence-electron chi connectivity index (χ3n) is 1.83. The Morgan fingerprint density at radius 1 is 1.75 bits per heavy atom. The number of alkyl carbamates (subject to hydrolysis) is 1. The molecule has 70 valence electrons. The van der Waals surface area contributed by atoms with Crippen molar-refractivity contribution in [2.24, 2.45) is 5.92 Å². The Morgan fingerprint density at radius 2 is 2.58 bits per heavy atom. The average molecular weight is 173 g/mol. The van der Waals surface area contributed by atoms with Gasteiger partial charge in [0, 0.05) is 19.1 Å². The Kier molecular flexibility index (Phi) is 3.87. The van der Waals surface area contributed by atoms with E-state index in [1.807, 2.05) is 0 Å². The maximum absolute atomic E-state index is 10.8. The first-order chi connectivity index (χ1) is 5.83. The minimum absolute atomic E-state index is 0.329. The van der Waals surface area contributed by atoms with Crippen LogP contribution in [0.15, 0.2) is 0 Å². The molecular weight excluding hydrogens is 158 g/mol. The molecule has 0 aliphatic carbocycles. The monoisotopic (exact) mass is 173 g/mol. The van der Waals surface area contributed by atoms with Crippen molar-refractivity contribution in [1.82, 2.24) is 5.32 Å². The molecular formula is C8H15NO3. The molecule has 0 aromatic rings. The zero-order valence-electron chi connectivity index (χ0n) is 7.34. The van der Waals surface area contributed by atoms with Gasteiger partial charge in [0.05, 0.1) is 13.2 Å². The van der Waals surface area contributed by atoms with Crippen LogP contribution in [0.4, 0.5) is 4.79 Å². The molecule has 0 aromatic heterocycles. The van der Waals surface area contributed by atoms with E-state index in [1.54, 1.807) is 6.92 Å². The lowest BCUT2D eigenvalue weighted by molar-refractivity contribution is 0.148. The summed E-state index contributed by atoms with van der Waals surface area (Å²) in [6.07, 6.45) is 0.705. The van der Waals surface area contributed by atoms with Gasteiger partial charge in [-0.2, -0.15) is 0 Å². The van der Waals surface area contributed by atoms with Crippen LogP contribution in [0.3, 0.4) is 0 Å². The molecule has 0 aromatic carbocycles. The van der Waals surface area contributed by atoms with E-state index in [9.17, 15) is 4.79 Å². The molecule has 1 heterocycles. The fourth-order valence-electron chi connectivity index (χ4n) is 1.15. The summed E-state index contributed by atoms with van der Waals surface area (Å²) in [5.41, 5.74) is 0. The van der Waals surface area contributed by atoms with Crippen LogP contribution in [0.5, 0.6) is 0 Å². The molecule has 0 spiro atoms. The van der Waals surface area contributed by atoms with Crippen LogP contribution < -0.4 is 5.32 Å². The Hall–Kier alpha value is -0.770. The van der Waals surface area contributed by atoms with Crippen molar-refractivity contribution >= 4 is 6.09 Å². The maximum atomic E-state index is 10.8. The Labute approximate surface area is 72.2 Å². The van der Waals surface area contributed by atoms with E-state index < -0.39 is 0 Å². The van der Waals surface area contributed by atoms with Crippen LogP contribution in [-0.4, -0.2) is 32.5 Å². The SMILES string of the molecule is CCOC(=O)NCC1CCOC1. The van der Waals surface area contributed by atoms with Crippen molar-refractivity contribution < 1.29 is 14.3 Å². The number of hydrogen-bond donors (Lipinski definition) is 1. The van der Waals surface area contributed by atoms with Crippen LogP contribution in [0, 0.1) is 5.92 Å². The average Bonchev–Trinajstić information content (AvgIpc) is 2.53. The second kappa shape index (κ2) is 4.98. The fraction of sp³-hybridized carbons (Fsp3) is 0.875. The summed E-state index contributed by atoms with van der Waals surface area (Å²) in [5, 5.41) is 2.68. The van der Waals surface area contributed by atoms with Gasteiger partial charge in [-0.3, -0.25) is 0 Å². The quantitative estimate of drug-likeness (QED) is 0.685. The van der Waals surface area contributed by atoms with Gasteiger partial charge >= 0.3 is 6.09 Å². The third kappa shape index (κ3) is 3.09. The van der Waals surface area contributed by atoms with Gasteiger partial charge in [0.2, 0.25) is 0 Å². The summed E-state index contributed by atoms with van der Waals surface area (Å²) >= 11 is 0. The molecule has 1 saturated heterocycles. The van der Waals surface area contributed by atoms with Gasteiger partial charge in [-0.25, -0.2) is 4.79 Å². The summed E-state index contributed by atoms with van der Waals surface area (Å²) in [4.78, 5) is 10.8. The molecule has 4 heteroatoms. The predicted octanol–water partition coefficient (Wildman–Crippen LogP) is 0.769. The first kappa shape index (κ1) is 9.32. The van der Waals surface area contributed by atoms with Crippen molar-refractivity contribution in [2.75, 3.05) is 26.4 Å². The van der Waals surface area contributed by atoms with Crippen molar-refractivity contribution in [3.63, 3.8) is 0 Å². The highest BCUT2D eigenvalue weighted by Crippen LogP contribution is 2.10. The number of nitrogens with one attached hydrogen (secondary N) is 1. The molecule has 1 amide bonds. The highest BCUT2D eigenvalue weighted by Gasteiger charge is 2.16. The van der Waals surface area contributed by atoms with Crippen LogP contribution in [-0.2, 0) is 9.47 Å². The number of amides is 1. The molecule has 1 atom stereocenters. The van der Waals surface area contributed by atoms with Gasteiger partial charge in [-0.15, -0.1) is 0 Å². The molecule has 1 aliphatic heterocycles. The fourth-order valence-corrected chi connectivity index (χ4v) is 1.15. The first-order valence-corrected chi connectivity index (χ1v) is 4.31. The summed E-state index contributed by atoms with van der Waals surface area (Å²) in [6, 6.07) is 0. The molecule has 0 bridgehead atoms. The number of carbonyl (C=O) groups is 1. The first-order valence-electron chi connectivity index (χ1n) is 4.31. The normalized spacial score (nSPS) is 22.2. The van der Waals surface area contributed by atoms with E-state index in [1.165, 1.54) is 0 Å². The highest BCUT2D eigenvalue weighted by molar-refractivity contribution is 5.66. The lowest BCUT2D eigenvalue weighted by Crippen LogP contribution is -2.29. The Bertz CT molecular complexity index is 143. The molecule has 4 nitrogen and oxygen atoms in total. The Morgan fingerprint density at radius 3 is 3.17 bits per heavy atom. The molecule has 0 radical (unpaired) electrons. The lowest BCUT2D eigenvalue weighted by Gasteiger charge is -2.08. The van der Waals surface area contributed by atoms with E-state index in [2.05, 4.69) is 5.32 Å². The van der Waals surface area contributed by atoms with Gasteiger partial charge in [0.1, 0.15) is 0 Å². The van der Waals surface area contributed by atoms with Crippen molar-refractivity contribution in [3.8, 4) is 0 Å². The number of ether oxygens (including phenoxy) is 2. The van der Waals surface area contributed by atoms with Crippen molar-refractivity contribution in [1.29, 1.82) is 0 Å². The summed E-state index contributed by atoms with van der Waals surface area (Å²) in [5.74, 6) is 0.467. The number of carbonyl (C=O) groups excluding carboxylic acids is 1. The summed E-state index contributed by atoms with van der Waals surface area (Å²) < 4.78 is 9.87. The van der Waals surface area contributed by atoms with Crippen LogP contribution in [0.2, 0.25) is 0 Å². The number of rotatable bonds is 3. The van der Waals surface area contributed by atoms with E-state index in [0.717, 1.165) is 19.6 Å². The van der Waals surface area contributed by atoms with Gasteiger partial charge in [0.15, 0.2) is 0 Å². The van der Waals surface area contributed by atoms with E-state index in [-0.39, 0.29) is 6.09 Å². The second-order valence-electron chi connectivity index (χ2n) is 2.83. The molecule has 12 heavy (non-hydrogen) atoms. The van der Waals surface area contributed by atoms with Gasteiger partial charge in [-0.05, 0) is 13.3 Å². The third-order valence-corrected chi connectivity index (χ3v) is 1.83. The van der Waals surface area contributed by atoms with Crippen LogP contribution >= 0.6 is 0 Å². The second-order valence-corrected chi connectivity index (χ2v) is 2.83. The van der Waals surface area contributed by atoms with E-state index in [4.69, 9.17) is 9.47 Å². The Balaban J connectivity index is 2.03. The zero-order valence-corrected chi connectivity index (χ0v) is 7.34. The minimum Gasteiger partial charge on any atom is -0.450 e. The number of hydrogen-bond acceptors (Lipinski definition) is 3. The molecule has 1 unspecified atom stereocenters.